The second-order valence-corrected chi connectivity index (χ2v) is 5.68. The number of amides is 1. The van der Waals surface area contributed by atoms with Crippen LogP contribution >= 0.6 is 0 Å². The van der Waals surface area contributed by atoms with Crippen molar-refractivity contribution in [3.05, 3.63) is 53.8 Å². The lowest BCUT2D eigenvalue weighted by atomic mass is 10.1. The molecule has 1 amide bonds. The van der Waals surface area contributed by atoms with Crippen molar-refractivity contribution in [2.24, 2.45) is 0 Å². The van der Waals surface area contributed by atoms with Gasteiger partial charge in [0.15, 0.2) is 11.5 Å². The topological polar surface area (TPSA) is 69.9 Å². The third-order valence-corrected chi connectivity index (χ3v) is 4.17. The second-order valence-electron chi connectivity index (χ2n) is 5.68. The fourth-order valence-corrected chi connectivity index (χ4v) is 2.85. The number of para-hydroxylation sites is 1. The van der Waals surface area contributed by atoms with E-state index in [-0.39, 0.29) is 5.91 Å². The molecule has 3 aromatic rings. The molecule has 1 heterocycles. The van der Waals surface area contributed by atoms with E-state index in [0.29, 0.717) is 35.8 Å². The molecule has 0 bridgehead atoms. The van der Waals surface area contributed by atoms with Crippen molar-refractivity contribution < 1.29 is 23.4 Å². The Labute approximate surface area is 151 Å². The van der Waals surface area contributed by atoms with Crippen molar-refractivity contribution in [3.63, 3.8) is 0 Å². The zero-order valence-corrected chi connectivity index (χ0v) is 15.0. The van der Waals surface area contributed by atoms with Gasteiger partial charge < -0.3 is 23.9 Å². The molecular formula is C20H21NO5. The van der Waals surface area contributed by atoms with Crippen LogP contribution in [0.15, 0.2) is 47.1 Å². The van der Waals surface area contributed by atoms with Crippen LogP contribution in [0.25, 0.3) is 11.0 Å². The Kier molecular flexibility index (Phi) is 5.31. The molecule has 0 aliphatic heterocycles. The summed E-state index contributed by atoms with van der Waals surface area (Å²) in [6, 6.07) is 11.1. The predicted molar refractivity (Wildman–Crippen MR) is 98.3 cm³/mol. The molecular weight excluding hydrogens is 334 g/mol. The molecule has 0 unspecified atom stereocenters. The number of carbonyl (C=O) groups excluding carboxylic acids is 1. The number of benzene rings is 2. The molecule has 1 aromatic heterocycles. The van der Waals surface area contributed by atoms with Crippen LogP contribution in [0.3, 0.4) is 0 Å². The Hall–Kier alpha value is -3.15. The number of ether oxygens (including phenoxy) is 3. The molecule has 26 heavy (non-hydrogen) atoms. The van der Waals surface area contributed by atoms with Gasteiger partial charge >= 0.3 is 0 Å². The monoisotopic (exact) mass is 355 g/mol. The second kappa shape index (κ2) is 7.82. The lowest BCUT2D eigenvalue weighted by Gasteiger charge is -2.14. The van der Waals surface area contributed by atoms with E-state index >= 15 is 0 Å². The zero-order chi connectivity index (χ0) is 18.5. The van der Waals surface area contributed by atoms with E-state index in [9.17, 15) is 4.79 Å². The minimum atomic E-state index is -0.211. The van der Waals surface area contributed by atoms with Crippen molar-refractivity contribution in [2.75, 3.05) is 27.9 Å². The van der Waals surface area contributed by atoms with E-state index < -0.39 is 0 Å². The highest BCUT2D eigenvalue weighted by atomic mass is 16.5. The summed E-state index contributed by atoms with van der Waals surface area (Å²) >= 11 is 0. The first kappa shape index (κ1) is 17.7. The average molecular weight is 355 g/mol. The van der Waals surface area contributed by atoms with Gasteiger partial charge in [-0.05, 0) is 30.2 Å². The maximum absolute atomic E-state index is 12.5. The highest BCUT2D eigenvalue weighted by Gasteiger charge is 2.17. The van der Waals surface area contributed by atoms with E-state index in [2.05, 4.69) is 5.32 Å². The highest BCUT2D eigenvalue weighted by molar-refractivity contribution is 5.95. The van der Waals surface area contributed by atoms with E-state index in [1.807, 2.05) is 24.3 Å². The molecule has 1 N–H and O–H groups in total. The van der Waals surface area contributed by atoms with Gasteiger partial charge in [-0.15, -0.1) is 0 Å². The van der Waals surface area contributed by atoms with Gasteiger partial charge in [0.05, 0.1) is 27.6 Å². The summed E-state index contributed by atoms with van der Waals surface area (Å²) in [4.78, 5) is 12.5. The Balaban J connectivity index is 1.70. The number of rotatable bonds is 7. The van der Waals surface area contributed by atoms with Crippen LogP contribution in [-0.4, -0.2) is 33.8 Å². The summed E-state index contributed by atoms with van der Waals surface area (Å²) in [7, 11) is 4.56. The van der Waals surface area contributed by atoms with Crippen LogP contribution in [-0.2, 0) is 6.42 Å². The average Bonchev–Trinajstić information content (AvgIpc) is 3.09. The number of carbonyl (C=O) groups is 1. The van der Waals surface area contributed by atoms with Gasteiger partial charge in [0.25, 0.3) is 5.91 Å². The van der Waals surface area contributed by atoms with Gasteiger partial charge in [0, 0.05) is 17.5 Å². The minimum Gasteiger partial charge on any atom is -0.493 e. The van der Waals surface area contributed by atoms with Crippen molar-refractivity contribution in [1.82, 2.24) is 5.32 Å². The van der Waals surface area contributed by atoms with Crippen molar-refractivity contribution >= 4 is 16.9 Å². The molecule has 136 valence electrons. The smallest absolute Gasteiger partial charge is 0.251 e. The molecule has 3 rings (SSSR count). The molecule has 0 saturated carbocycles. The fourth-order valence-electron chi connectivity index (χ4n) is 2.85. The molecule has 2 aromatic carbocycles. The summed E-state index contributed by atoms with van der Waals surface area (Å²) in [5.41, 5.74) is 2.35. The summed E-state index contributed by atoms with van der Waals surface area (Å²) < 4.78 is 21.4. The van der Waals surface area contributed by atoms with Crippen LogP contribution in [0, 0.1) is 0 Å². The van der Waals surface area contributed by atoms with E-state index in [1.54, 1.807) is 18.4 Å². The summed E-state index contributed by atoms with van der Waals surface area (Å²) in [5.74, 6) is 1.13. The minimum absolute atomic E-state index is 0.211. The van der Waals surface area contributed by atoms with Crippen LogP contribution < -0.4 is 19.5 Å². The number of methoxy groups -OCH3 is 3. The number of furan rings is 1. The SMILES string of the molecule is COc1cc(C(=O)NCCc2coc3ccccc23)cc(OC)c1OC. The Bertz CT molecular complexity index is 890. The van der Waals surface area contributed by atoms with E-state index in [1.165, 1.54) is 21.3 Å². The van der Waals surface area contributed by atoms with Gasteiger partial charge in [0.1, 0.15) is 5.58 Å². The van der Waals surface area contributed by atoms with Crippen molar-refractivity contribution in [2.45, 2.75) is 6.42 Å². The molecule has 0 spiro atoms. The van der Waals surface area contributed by atoms with Gasteiger partial charge in [-0.3, -0.25) is 4.79 Å². The maximum atomic E-state index is 12.5. The molecule has 0 saturated heterocycles. The molecule has 6 nitrogen and oxygen atoms in total. The first-order valence-electron chi connectivity index (χ1n) is 8.21. The predicted octanol–water partition coefficient (Wildman–Crippen LogP) is 3.43. The fraction of sp³-hybridized carbons (Fsp3) is 0.250. The third-order valence-electron chi connectivity index (χ3n) is 4.17. The zero-order valence-electron chi connectivity index (χ0n) is 15.0. The third kappa shape index (κ3) is 3.44. The first-order valence-corrected chi connectivity index (χ1v) is 8.21. The van der Waals surface area contributed by atoms with Crippen LogP contribution in [0.4, 0.5) is 0 Å². The Morgan fingerprint density at radius 1 is 1.04 bits per heavy atom. The number of hydrogen-bond acceptors (Lipinski definition) is 5. The van der Waals surface area contributed by atoms with Crippen LogP contribution in [0.1, 0.15) is 15.9 Å². The van der Waals surface area contributed by atoms with Gasteiger partial charge in [-0.2, -0.15) is 0 Å². The lowest BCUT2D eigenvalue weighted by molar-refractivity contribution is 0.0953. The largest absolute Gasteiger partial charge is 0.493 e. The Morgan fingerprint density at radius 3 is 2.38 bits per heavy atom. The summed E-state index contributed by atoms with van der Waals surface area (Å²) in [6.07, 6.45) is 2.41. The number of fused-ring (bicyclic) bond motifs is 1. The van der Waals surface area contributed by atoms with Crippen LogP contribution in [0.2, 0.25) is 0 Å². The molecule has 0 aliphatic rings. The molecule has 6 heteroatoms. The Morgan fingerprint density at radius 2 is 1.73 bits per heavy atom. The van der Waals surface area contributed by atoms with Gasteiger partial charge in [-0.1, -0.05) is 18.2 Å². The molecule has 0 radical (unpaired) electrons. The van der Waals surface area contributed by atoms with E-state index in [0.717, 1.165) is 16.5 Å². The van der Waals surface area contributed by atoms with Crippen molar-refractivity contribution in [1.29, 1.82) is 0 Å². The molecule has 0 fully saturated rings. The number of hydrogen-bond donors (Lipinski definition) is 1. The quantitative estimate of drug-likeness (QED) is 0.703. The summed E-state index contributed by atoms with van der Waals surface area (Å²) in [6.45, 7) is 0.485. The molecule has 0 aliphatic carbocycles. The lowest BCUT2D eigenvalue weighted by Crippen LogP contribution is -2.25. The summed E-state index contributed by atoms with van der Waals surface area (Å²) in [5, 5.41) is 3.97. The van der Waals surface area contributed by atoms with Crippen LogP contribution in [0.5, 0.6) is 17.2 Å². The van der Waals surface area contributed by atoms with Crippen molar-refractivity contribution in [3.8, 4) is 17.2 Å². The van der Waals surface area contributed by atoms with E-state index in [4.69, 9.17) is 18.6 Å². The van der Waals surface area contributed by atoms with Gasteiger partial charge in [-0.25, -0.2) is 0 Å². The maximum Gasteiger partial charge on any atom is 0.251 e. The number of nitrogens with one attached hydrogen (secondary N) is 1. The first-order chi connectivity index (χ1) is 12.7. The molecule has 0 atom stereocenters. The normalized spacial score (nSPS) is 10.6. The van der Waals surface area contributed by atoms with Gasteiger partial charge in [0.2, 0.25) is 5.75 Å². The highest BCUT2D eigenvalue weighted by Crippen LogP contribution is 2.38. The standard InChI is InChI=1S/C20H21NO5/c1-23-17-10-14(11-18(24-2)19(17)25-3)20(22)21-9-8-13-12-26-16-7-5-4-6-15(13)16/h4-7,10-12H,8-9H2,1-3H3,(H,21,22).